The van der Waals surface area contributed by atoms with E-state index in [4.69, 9.17) is 11.6 Å². The molecule has 0 spiro atoms. The van der Waals surface area contributed by atoms with Gasteiger partial charge in [0.25, 0.3) is 10.0 Å². The molecule has 0 saturated heterocycles. The van der Waals surface area contributed by atoms with Gasteiger partial charge in [-0.25, -0.2) is 8.42 Å². The van der Waals surface area contributed by atoms with Crippen LogP contribution in [0.25, 0.3) is 0 Å². The second kappa shape index (κ2) is 6.66. The number of anilines is 2. The summed E-state index contributed by atoms with van der Waals surface area (Å²) < 4.78 is 27.6. The zero-order valence-corrected chi connectivity index (χ0v) is 15.1. The summed E-state index contributed by atoms with van der Waals surface area (Å²) in [4.78, 5) is 12.8. The highest BCUT2D eigenvalue weighted by Crippen LogP contribution is 2.36. The van der Waals surface area contributed by atoms with Gasteiger partial charge in [0.15, 0.2) is 0 Å². The van der Waals surface area contributed by atoms with Gasteiger partial charge in [-0.3, -0.25) is 9.52 Å². The van der Waals surface area contributed by atoms with Gasteiger partial charge in [0, 0.05) is 16.6 Å². The number of halogens is 1. The zero-order valence-electron chi connectivity index (χ0n) is 12.7. The van der Waals surface area contributed by atoms with Crippen LogP contribution in [0.15, 0.2) is 52.3 Å². The average molecular weight is 383 g/mol. The normalized spacial score (nSPS) is 17.6. The molecule has 1 aliphatic heterocycles. The van der Waals surface area contributed by atoms with Crippen LogP contribution in [0.2, 0.25) is 5.02 Å². The van der Waals surface area contributed by atoms with Crippen molar-refractivity contribution >= 4 is 50.7 Å². The zero-order chi connectivity index (χ0) is 17.3. The van der Waals surface area contributed by atoms with Crippen LogP contribution in [0.1, 0.15) is 13.3 Å². The number of benzene rings is 2. The summed E-state index contributed by atoms with van der Waals surface area (Å²) in [5, 5.41) is 3.21. The lowest BCUT2D eigenvalue weighted by Crippen LogP contribution is -2.15. The minimum absolute atomic E-state index is 0.0663. The maximum atomic E-state index is 12.6. The lowest BCUT2D eigenvalue weighted by Gasteiger charge is -2.12. The van der Waals surface area contributed by atoms with E-state index in [1.165, 1.54) is 12.1 Å². The monoisotopic (exact) mass is 382 g/mol. The van der Waals surface area contributed by atoms with Crippen molar-refractivity contribution in [3.8, 4) is 0 Å². The Labute approximate surface area is 149 Å². The molecule has 0 bridgehead atoms. The van der Waals surface area contributed by atoms with Crippen LogP contribution >= 0.6 is 23.4 Å². The highest BCUT2D eigenvalue weighted by atomic mass is 35.5. The molecule has 2 N–H and O–H groups in total. The lowest BCUT2D eigenvalue weighted by molar-refractivity contribution is -0.116. The number of amides is 1. The molecule has 0 saturated carbocycles. The number of fused-ring (bicyclic) bond motifs is 1. The fraction of sp³-hybridized carbons (Fsp3) is 0.188. The fourth-order valence-corrected chi connectivity index (χ4v) is 4.74. The van der Waals surface area contributed by atoms with E-state index in [1.807, 2.05) is 6.92 Å². The number of thioether (sulfide) groups is 1. The van der Waals surface area contributed by atoms with Crippen molar-refractivity contribution in [2.45, 2.75) is 28.4 Å². The van der Waals surface area contributed by atoms with Crippen molar-refractivity contribution in [3.05, 3.63) is 47.5 Å². The molecule has 1 atom stereocenters. The van der Waals surface area contributed by atoms with E-state index in [1.54, 1.807) is 42.1 Å². The summed E-state index contributed by atoms with van der Waals surface area (Å²) in [6.45, 7) is 1.96. The highest BCUT2D eigenvalue weighted by Gasteiger charge is 2.22. The van der Waals surface area contributed by atoms with Crippen LogP contribution in [0, 0.1) is 0 Å². The van der Waals surface area contributed by atoms with Crippen molar-refractivity contribution in [2.75, 3.05) is 10.0 Å². The van der Waals surface area contributed by atoms with Gasteiger partial charge < -0.3 is 5.32 Å². The largest absolute Gasteiger partial charge is 0.325 e. The van der Waals surface area contributed by atoms with Crippen LogP contribution in [-0.4, -0.2) is 19.6 Å². The SMILES string of the molecule is C[C@H]1CC(=O)Nc2cc(S(=O)(=O)Nc3ccccc3Cl)ccc2S1. The molecule has 0 aliphatic carbocycles. The number of nitrogens with one attached hydrogen (secondary N) is 2. The van der Waals surface area contributed by atoms with Gasteiger partial charge in [-0.2, -0.15) is 0 Å². The molecular formula is C16H15ClN2O3S2. The first-order chi connectivity index (χ1) is 11.3. The first-order valence-electron chi connectivity index (χ1n) is 7.23. The van der Waals surface area contributed by atoms with Crippen LogP contribution in [0.5, 0.6) is 0 Å². The highest BCUT2D eigenvalue weighted by molar-refractivity contribution is 8.00. The summed E-state index contributed by atoms with van der Waals surface area (Å²) in [5.74, 6) is -0.123. The maximum Gasteiger partial charge on any atom is 0.262 e. The molecule has 5 nitrogen and oxygen atoms in total. The molecule has 1 amide bonds. The van der Waals surface area contributed by atoms with Crippen LogP contribution < -0.4 is 10.0 Å². The van der Waals surface area contributed by atoms with Crippen molar-refractivity contribution in [2.24, 2.45) is 0 Å². The molecule has 1 aliphatic rings. The van der Waals surface area contributed by atoms with Gasteiger partial charge in [-0.15, -0.1) is 11.8 Å². The van der Waals surface area contributed by atoms with Gasteiger partial charge >= 0.3 is 0 Å². The van der Waals surface area contributed by atoms with Crippen LogP contribution in [0.3, 0.4) is 0 Å². The lowest BCUT2D eigenvalue weighted by atomic mass is 10.3. The number of hydrogen-bond acceptors (Lipinski definition) is 4. The van der Waals surface area contributed by atoms with Crippen molar-refractivity contribution in [3.63, 3.8) is 0 Å². The average Bonchev–Trinajstić information content (AvgIpc) is 2.65. The third kappa shape index (κ3) is 3.68. The molecular weight excluding hydrogens is 368 g/mol. The molecule has 24 heavy (non-hydrogen) atoms. The van der Waals surface area contributed by atoms with Gasteiger partial charge in [0.1, 0.15) is 0 Å². The molecule has 0 radical (unpaired) electrons. The predicted octanol–water partition coefficient (Wildman–Crippen LogP) is 3.96. The fourth-order valence-electron chi connectivity index (χ4n) is 2.35. The maximum absolute atomic E-state index is 12.6. The first kappa shape index (κ1) is 17.1. The number of rotatable bonds is 3. The Balaban J connectivity index is 1.95. The van der Waals surface area contributed by atoms with E-state index in [2.05, 4.69) is 10.0 Å². The van der Waals surface area contributed by atoms with Crippen LogP contribution in [-0.2, 0) is 14.8 Å². The molecule has 2 aromatic carbocycles. The second-order valence-electron chi connectivity index (χ2n) is 5.42. The van der Waals surface area contributed by atoms with Crippen molar-refractivity contribution in [1.82, 2.24) is 0 Å². The van der Waals surface area contributed by atoms with Gasteiger partial charge in [0.2, 0.25) is 5.91 Å². The molecule has 1 heterocycles. The van der Waals surface area contributed by atoms with Crippen molar-refractivity contribution < 1.29 is 13.2 Å². The van der Waals surface area contributed by atoms with Crippen molar-refractivity contribution in [1.29, 1.82) is 0 Å². The third-order valence-electron chi connectivity index (χ3n) is 3.45. The van der Waals surface area contributed by atoms with E-state index < -0.39 is 10.0 Å². The quantitative estimate of drug-likeness (QED) is 0.842. The Morgan fingerprint density at radius 3 is 2.75 bits per heavy atom. The van der Waals surface area contributed by atoms with E-state index >= 15 is 0 Å². The van der Waals surface area contributed by atoms with Crippen LogP contribution in [0.4, 0.5) is 11.4 Å². The molecule has 0 aromatic heterocycles. The first-order valence-corrected chi connectivity index (χ1v) is 9.97. The van der Waals surface area contributed by atoms with E-state index in [-0.39, 0.29) is 16.1 Å². The van der Waals surface area contributed by atoms with Gasteiger partial charge in [0.05, 0.1) is 21.3 Å². The summed E-state index contributed by atoms with van der Waals surface area (Å²) in [6, 6.07) is 11.3. The molecule has 2 aromatic rings. The van der Waals surface area contributed by atoms with Gasteiger partial charge in [-0.1, -0.05) is 30.7 Å². The van der Waals surface area contributed by atoms with E-state index in [0.717, 1.165) is 4.90 Å². The topological polar surface area (TPSA) is 75.3 Å². The van der Waals surface area contributed by atoms with E-state index in [0.29, 0.717) is 22.8 Å². The Kier molecular flexibility index (Phi) is 4.76. The molecule has 8 heteroatoms. The Morgan fingerprint density at radius 1 is 1.25 bits per heavy atom. The second-order valence-corrected chi connectivity index (χ2v) is 8.99. The molecule has 0 fully saturated rings. The Hall–Kier alpha value is -1.70. The Morgan fingerprint density at radius 2 is 2.00 bits per heavy atom. The molecule has 3 rings (SSSR count). The summed E-state index contributed by atoms with van der Waals surface area (Å²) in [6.07, 6.45) is 0.388. The van der Waals surface area contributed by atoms with Gasteiger partial charge in [-0.05, 0) is 30.3 Å². The molecule has 0 unspecified atom stereocenters. The minimum atomic E-state index is -3.81. The summed E-state index contributed by atoms with van der Waals surface area (Å²) >= 11 is 7.55. The van der Waals surface area contributed by atoms with E-state index in [9.17, 15) is 13.2 Å². The smallest absolute Gasteiger partial charge is 0.262 e. The third-order valence-corrected chi connectivity index (χ3v) is 6.33. The number of sulfonamides is 1. The number of hydrogen-bond donors (Lipinski definition) is 2. The minimum Gasteiger partial charge on any atom is -0.325 e. The summed E-state index contributed by atoms with van der Waals surface area (Å²) in [7, 11) is -3.81. The standard InChI is InChI=1S/C16H15ClN2O3S2/c1-10-8-16(20)18-14-9-11(6-7-15(14)23-10)24(21,22)19-13-5-3-2-4-12(13)17/h2-7,9-10,19H,8H2,1H3,(H,18,20)/t10-/m0/s1. The number of para-hydroxylation sites is 1. The summed E-state index contributed by atoms with van der Waals surface area (Å²) in [5.41, 5.74) is 0.817. The number of carbonyl (C=O) groups is 1. The predicted molar refractivity (Wildman–Crippen MR) is 97.3 cm³/mol. The number of carbonyl (C=O) groups excluding carboxylic acids is 1. The molecule has 126 valence electrons. The Bertz CT molecular complexity index is 900.